The molecule has 0 spiro atoms. The number of nitrogens with two attached hydrogens (primary N) is 1. The zero-order valence-corrected chi connectivity index (χ0v) is 23.8. The van der Waals surface area contributed by atoms with E-state index in [-0.39, 0.29) is 17.4 Å². The molecular weight excluding hydrogens is 578 g/mol. The van der Waals surface area contributed by atoms with Crippen LogP contribution in [0.25, 0.3) is 0 Å². The van der Waals surface area contributed by atoms with Gasteiger partial charge in [0.15, 0.2) is 11.9 Å². The second kappa shape index (κ2) is 14.9. The van der Waals surface area contributed by atoms with Gasteiger partial charge in [0.25, 0.3) is 0 Å². The van der Waals surface area contributed by atoms with Crippen molar-refractivity contribution in [3.8, 4) is 5.75 Å². The van der Waals surface area contributed by atoms with E-state index < -0.39 is 18.3 Å². The second-order valence-electron chi connectivity index (χ2n) is 8.84. The van der Waals surface area contributed by atoms with Crippen LogP contribution in [0.4, 0.5) is 21.9 Å². The number of phenols is 1. The second-order valence-corrected chi connectivity index (χ2v) is 9.75. The lowest BCUT2D eigenvalue weighted by Gasteiger charge is -2.28. The summed E-state index contributed by atoms with van der Waals surface area (Å²) >= 11 is 3.40. The fourth-order valence-electron chi connectivity index (χ4n) is 3.92. The van der Waals surface area contributed by atoms with Gasteiger partial charge in [0.1, 0.15) is 5.75 Å². The Morgan fingerprint density at radius 3 is 2.45 bits per heavy atom. The number of allylic oxidation sites excluding steroid dienone is 1. The lowest BCUT2D eigenvalue weighted by molar-refractivity contribution is -0.111. The number of nitrogens with one attached hydrogen (secondary N) is 2. The van der Waals surface area contributed by atoms with Crippen molar-refractivity contribution >= 4 is 50.8 Å². The first-order valence-corrected chi connectivity index (χ1v) is 13.5. The van der Waals surface area contributed by atoms with Gasteiger partial charge in [-0.05, 0) is 87.4 Å². The number of benzene rings is 3. The Labute approximate surface area is 241 Å². The van der Waals surface area contributed by atoms with E-state index in [0.717, 1.165) is 0 Å². The minimum atomic E-state index is -0.972. The van der Waals surface area contributed by atoms with Crippen LogP contribution in [-0.4, -0.2) is 35.6 Å². The molecule has 2 atom stereocenters. The van der Waals surface area contributed by atoms with Crippen LogP contribution in [0.2, 0.25) is 0 Å². The van der Waals surface area contributed by atoms with Crippen LogP contribution < -0.4 is 16.4 Å². The number of phenolic OH excluding ortho intramolecular Hbond substituents is 1. The highest BCUT2D eigenvalue weighted by Gasteiger charge is 2.30. The van der Waals surface area contributed by atoms with Crippen LogP contribution in [-0.2, 0) is 14.3 Å². The monoisotopic (exact) mass is 609 g/mol. The number of ether oxygens (including phenoxy) is 2. The summed E-state index contributed by atoms with van der Waals surface area (Å²) in [6.45, 7) is 3.60. The molecule has 0 radical (unpaired) electrons. The summed E-state index contributed by atoms with van der Waals surface area (Å²) < 4.78 is 12.4. The van der Waals surface area contributed by atoms with Gasteiger partial charge in [-0.2, -0.15) is 0 Å². The zero-order valence-electron chi connectivity index (χ0n) is 22.2. The van der Waals surface area contributed by atoms with Crippen molar-refractivity contribution in [1.29, 1.82) is 0 Å². The molecule has 0 saturated carbocycles. The highest BCUT2D eigenvalue weighted by atomic mass is 79.9. The summed E-state index contributed by atoms with van der Waals surface area (Å²) in [5, 5.41) is 16.0. The minimum absolute atomic E-state index is 0.0631. The molecule has 3 aromatic carbocycles. The van der Waals surface area contributed by atoms with Crippen LogP contribution >= 0.6 is 15.9 Å². The standard InChI is InChI=1S/C30H32BrN3O6/c1-3-39-27(10-6-7-11-28(37)34-25-9-5-4-8-24(25)32)29(23-18-21(31)14-17-26(23)36)40-30(38)33-22-15-12-20(13-16-22)19(2)35/h4-5,7-9,11-18,27,29,36H,3,6,10,32H2,1-2H3,(H,33,38)(H,34,37)/b11-7+/t27-,29-/m1/s1. The van der Waals surface area contributed by atoms with Crippen molar-refractivity contribution in [1.82, 2.24) is 0 Å². The molecule has 210 valence electrons. The number of aromatic hydroxyl groups is 1. The number of halogens is 1. The fourth-order valence-corrected chi connectivity index (χ4v) is 4.29. The van der Waals surface area contributed by atoms with Gasteiger partial charge in [-0.3, -0.25) is 14.9 Å². The number of Topliss-reactive ketones (excluding diaryl/α,β-unsaturated/α-hetero) is 1. The van der Waals surface area contributed by atoms with Crippen LogP contribution in [0.1, 0.15) is 48.7 Å². The smallest absolute Gasteiger partial charge is 0.412 e. The molecule has 3 aromatic rings. The van der Waals surface area contributed by atoms with Gasteiger partial charge in [0.2, 0.25) is 5.91 Å². The van der Waals surface area contributed by atoms with Crippen molar-refractivity contribution in [3.63, 3.8) is 0 Å². The van der Waals surface area contributed by atoms with Gasteiger partial charge < -0.3 is 25.6 Å². The maximum atomic E-state index is 12.9. The minimum Gasteiger partial charge on any atom is -0.508 e. The Kier molecular flexibility index (Phi) is 11.3. The maximum Gasteiger partial charge on any atom is 0.412 e. The molecule has 0 aliphatic heterocycles. The van der Waals surface area contributed by atoms with Gasteiger partial charge in [0, 0.05) is 27.9 Å². The summed E-state index contributed by atoms with van der Waals surface area (Å²) in [5.41, 5.74) is 8.17. The number of amides is 2. The lowest BCUT2D eigenvalue weighted by Crippen LogP contribution is -2.29. The van der Waals surface area contributed by atoms with Crippen LogP contribution in [0, 0.1) is 0 Å². The zero-order chi connectivity index (χ0) is 29.1. The molecule has 0 bridgehead atoms. The summed E-state index contributed by atoms with van der Waals surface area (Å²) in [6.07, 6.45) is 1.51. The third-order valence-electron chi connectivity index (χ3n) is 5.89. The summed E-state index contributed by atoms with van der Waals surface area (Å²) in [6, 6.07) is 18.2. The first-order chi connectivity index (χ1) is 19.2. The largest absolute Gasteiger partial charge is 0.508 e. The molecule has 5 N–H and O–H groups in total. The Bertz CT molecular complexity index is 1360. The molecule has 2 amide bonds. The van der Waals surface area contributed by atoms with E-state index in [9.17, 15) is 19.5 Å². The quantitative estimate of drug-likeness (QED) is 0.103. The van der Waals surface area contributed by atoms with E-state index in [0.29, 0.717) is 52.1 Å². The topological polar surface area (TPSA) is 140 Å². The highest BCUT2D eigenvalue weighted by molar-refractivity contribution is 9.10. The lowest BCUT2D eigenvalue weighted by atomic mass is 9.99. The molecule has 3 rings (SSSR count). The molecule has 0 aromatic heterocycles. The number of ketones is 1. The van der Waals surface area contributed by atoms with E-state index in [2.05, 4.69) is 26.6 Å². The average molecular weight is 611 g/mol. The van der Waals surface area contributed by atoms with Crippen molar-refractivity contribution in [2.24, 2.45) is 0 Å². The van der Waals surface area contributed by atoms with Crippen LogP contribution in [0.5, 0.6) is 5.75 Å². The third-order valence-corrected chi connectivity index (χ3v) is 6.39. The van der Waals surface area contributed by atoms with Gasteiger partial charge in [-0.25, -0.2) is 4.79 Å². The van der Waals surface area contributed by atoms with Crippen molar-refractivity contribution < 1.29 is 29.0 Å². The Hall–Kier alpha value is -4.15. The highest BCUT2D eigenvalue weighted by Crippen LogP contribution is 2.35. The average Bonchev–Trinajstić information content (AvgIpc) is 2.92. The van der Waals surface area contributed by atoms with Crippen LogP contribution in [0.15, 0.2) is 83.4 Å². The molecule has 0 unspecified atom stereocenters. The molecule has 0 heterocycles. The van der Waals surface area contributed by atoms with Crippen molar-refractivity contribution in [3.05, 3.63) is 94.5 Å². The number of carbonyl (C=O) groups excluding carboxylic acids is 3. The van der Waals surface area contributed by atoms with E-state index in [4.69, 9.17) is 15.2 Å². The predicted octanol–water partition coefficient (Wildman–Crippen LogP) is 6.61. The maximum absolute atomic E-state index is 12.9. The number of anilines is 3. The van der Waals surface area contributed by atoms with E-state index in [1.807, 2.05) is 6.92 Å². The summed E-state index contributed by atoms with van der Waals surface area (Å²) in [4.78, 5) is 36.8. The molecule has 0 aliphatic rings. The Morgan fingerprint density at radius 2 is 1.77 bits per heavy atom. The van der Waals surface area contributed by atoms with E-state index >= 15 is 0 Å². The van der Waals surface area contributed by atoms with Crippen molar-refractivity contribution in [2.45, 2.75) is 38.9 Å². The number of rotatable bonds is 12. The summed E-state index contributed by atoms with van der Waals surface area (Å²) in [5.74, 6) is -0.486. The first kappa shape index (κ1) is 30.4. The van der Waals surface area contributed by atoms with Crippen LogP contribution in [0.3, 0.4) is 0 Å². The predicted molar refractivity (Wildman–Crippen MR) is 158 cm³/mol. The molecule has 0 saturated heterocycles. The normalized spacial score (nSPS) is 12.5. The van der Waals surface area contributed by atoms with Crippen molar-refractivity contribution in [2.75, 3.05) is 23.0 Å². The van der Waals surface area contributed by atoms with Gasteiger partial charge in [-0.1, -0.05) is 34.1 Å². The number of hydrogen-bond acceptors (Lipinski definition) is 7. The third kappa shape index (κ3) is 8.96. The first-order valence-electron chi connectivity index (χ1n) is 12.7. The van der Waals surface area contributed by atoms with Gasteiger partial charge in [0.05, 0.1) is 17.5 Å². The molecular formula is C30H32BrN3O6. The molecule has 10 heteroatoms. The molecule has 40 heavy (non-hydrogen) atoms. The Morgan fingerprint density at radius 1 is 1.05 bits per heavy atom. The Balaban J connectivity index is 1.74. The van der Waals surface area contributed by atoms with Gasteiger partial charge in [-0.15, -0.1) is 0 Å². The molecule has 0 aliphatic carbocycles. The molecule has 9 nitrogen and oxygen atoms in total. The van der Waals surface area contributed by atoms with Gasteiger partial charge >= 0.3 is 6.09 Å². The van der Waals surface area contributed by atoms with E-state index in [1.54, 1.807) is 66.7 Å². The molecule has 0 fully saturated rings. The number of carbonyl (C=O) groups is 3. The number of nitrogen functional groups attached to an aromatic ring is 1. The number of para-hydroxylation sites is 2. The SMILES string of the molecule is CCO[C@H](CC/C=C/C(=O)Nc1ccccc1N)[C@H](OC(=O)Nc1ccc(C(C)=O)cc1)c1cc(Br)ccc1O. The van der Waals surface area contributed by atoms with E-state index in [1.165, 1.54) is 19.1 Å². The summed E-state index contributed by atoms with van der Waals surface area (Å²) in [7, 11) is 0. The number of hydrogen-bond donors (Lipinski definition) is 4. The fraction of sp³-hybridized carbons (Fsp3) is 0.233.